The summed E-state index contributed by atoms with van der Waals surface area (Å²) < 4.78 is 5.87. The van der Waals surface area contributed by atoms with Crippen LogP contribution in [0.15, 0.2) is 36.0 Å². The molecule has 0 radical (unpaired) electrons. The number of pyridine rings is 1. The first-order valence-electron chi connectivity index (χ1n) is 16.7. The van der Waals surface area contributed by atoms with Gasteiger partial charge in [0.15, 0.2) is 5.78 Å². The van der Waals surface area contributed by atoms with Crippen molar-refractivity contribution in [2.75, 3.05) is 5.32 Å². The first kappa shape index (κ1) is 30.5. The number of fused-ring (bicyclic) bond motifs is 7. The van der Waals surface area contributed by atoms with Crippen LogP contribution >= 0.6 is 0 Å². The highest BCUT2D eigenvalue weighted by molar-refractivity contribution is 5.96. The predicted octanol–water partition coefficient (Wildman–Crippen LogP) is 7.93. The normalized spacial score (nSPS) is 44.9. The highest BCUT2D eigenvalue weighted by atomic mass is 16.5. The Morgan fingerprint density at radius 2 is 1.65 bits per heavy atom. The van der Waals surface area contributed by atoms with E-state index in [9.17, 15) is 14.4 Å². The van der Waals surface area contributed by atoms with Crippen molar-refractivity contribution in [3.63, 3.8) is 0 Å². The summed E-state index contributed by atoms with van der Waals surface area (Å²) in [4.78, 5) is 44.7. The molecule has 1 aromatic rings. The van der Waals surface area contributed by atoms with Crippen molar-refractivity contribution in [1.82, 2.24) is 4.98 Å². The van der Waals surface area contributed by atoms with Gasteiger partial charge in [-0.2, -0.15) is 0 Å². The monoisotopic (exact) mass is 588 g/mol. The Balaban J connectivity index is 1.36. The fraction of sp³-hybridized carbons (Fsp3) is 0.730. The van der Waals surface area contributed by atoms with Crippen LogP contribution in [0.25, 0.3) is 0 Å². The van der Waals surface area contributed by atoms with E-state index in [-0.39, 0.29) is 56.9 Å². The molecule has 5 aliphatic rings. The zero-order valence-electron chi connectivity index (χ0n) is 27.6. The Bertz CT molecular complexity index is 1370. The van der Waals surface area contributed by atoms with E-state index in [0.29, 0.717) is 17.5 Å². The Hall–Kier alpha value is -2.50. The van der Waals surface area contributed by atoms with E-state index in [4.69, 9.17) is 4.74 Å². The van der Waals surface area contributed by atoms with Crippen LogP contribution in [0.1, 0.15) is 113 Å². The summed E-state index contributed by atoms with van der Waals surface area (Å²) in [6.07, 6.45) is 12.2. The first-order chi connectivity index (χ1) is 20.0. The third kappa shape index (κ3) is 4.31. The molecule has 1 heterocycles. The Kier molecular flexibility index (Phi) is 6.92. The van der Waals surface area contributed by atoms with Crippen molar-refractivity contribution in [2.45, 2.75) is 119 Å². The summed E-state index contributed by atoms with van der Waals surface area (Å²) in [5.41, 5.74) is 0.277. The lowest BCUT2D eigenvalue weighted by Crippen LogP contribution is -2.66. The molecule has 6 heteroatoms. The average molecular weight is 589 g/mol. The van der Waals surface area contributed by atoms with Gasteiger partial charge in [0, 0.05) is 29.9 Å². The van der Waals surface area contributed by atoms with Gasteiger partial charge in [-0.25, -0.2) is 4.98 Å². The molecule has 9 atom stereocenters. The number of nitrogens with zero attached hydrogens (tertiary/aromatic N) is 1. The number of esters is 1. The lowest BCUT2D eigenvalue weighted by molar-refractivity contribution is -0.210. The lowest BCUT2D eigenvalue weighted by Gasteiger charge is -2.70. The zero-order valence-corrected chi connectivity index (χ0v) is 27.6. The van der Waals surface area contributed by atoms with E-state index in [1.54, 1.807) is 6.20 Å². The number of allylic oxidation sites excluding steroid dienone is 2. The summed E-state index contributed by atoms with van der Waals surface area (Å²) in [7, 11) is 0. The molecule has 6 rings (SSSR count). The van der Waals surface area contributed by atoms with E-state index in [2.05, 4.69) is 64.8 Å². The van der Waals surface area contributed by atoms with Crippen LogP contribution < -0.4 is 5.32 Å². The van der Waals surface area contributed by atoms with Gasteiger partial charge >= 0.3 is 5.97 Å². The topological polar surface area (TPSA) is 85.4 Å². The molecular weight excluding hydrogens is 536 g/mol. The SMILES string of the molecule is CC(=O)O[C@@H]1CC[C@]2(C)[C@H](CC[C@]3(C)[C@@H]2C(=O)C=C2[C@@H]4C[C@](C)(C(=O)Nc5ccccn5)CC[C@@]4(C)CC[C@]23C)C1(C)C. The largest absolute Gasteiger partial charge is 0.462 e. The van der Waals surface area contributed by atoms with E-state index < -0.39 is 5.41 Å². The van der Waals surface area contributed by atoms with Crippen molar-refractivity contribution >= 4 is 23.5 Å². The number of carbonyl (C=O) groups excluding carboxylic acids is 3. The summed E-state index contributed by atoms with van der Waals surface area (Å²) in [5.74, 6) is 1.15. The van der Waals surface area contributed by atoms with Gasteiger partial charge in [-0.15, -0.1) is 0 Å². The molecular formula is C37H52N2O4. The van der Waals surface area contributed by atoms with Gasteiger partial charge in [0.2, 0.25) is 5.91 Å². The van der Waals surface area contributed by atoms with E-state index in [1.807, 2.05) is 18.2 Å². The summed E-state index contributed by atoms with van der Waals surface area (Å²) in [5, 5.41) is 3.09. The molecule has 4 fully saturated rings. The third-order valence-electron chi connectivity index (χ3n) is 14.3. The first-order valence-corrected chi connectivity index (χ1v) is 16.7. The zero-order chi connectivity index (χ0) is 31.2. The molecule has 234 valence electrons. The second kappa shape index (κ2) is 9.75. The molecule has 0 unspecified atom stereocenters. The number of nitrogens with one attached hydrogen (secondary N) is 1. The van der Waals surface area contributed by atoms with Gasteiger partial charge in [-0.1, -0.05) is 60.1 Å². The Labute approximate surface area is 258 Å². The number of hydrogen-bond acceptors (Lipinski definition) is 5. The van der Waals surface area contributed by atoms with Crippen LogP contribution in [-0.4, -0.2) is 28.7 Å². The molecule has 4 saturated carbocycles. The van der Waals surface area contributed by atoms with Gasteiger partial charge < -0.3 is 10.1 Å². The molecule has 0 aliphatic heterocycles. The van der Waals surface area contributed by atoms with Crippen molar-refractivity contribution < 1.29 is 19.1 Å². The molecule has 1 N–H and O–H groups in total. The van der Waals surface area contributed by atoms with Crippen LogP contribution in [0.5, 0.6) is 0 Å². The number of amides is 1. The predicted molar refractivity (Wildman–Crippen MR) is 168 cm³/mol. The van der Waals surface area contributed by atoms with Gasteiger partial charge in [0.05, 0.1) is 0 Å². The van der Waals surface area contributed by atoms with Crippen LogP contribution in [0.3, 0.4) is 0 Å². The van der Waals surface area contributed by atoms with E-state index >= 15 is 0 Å². The molecule has 43 heavy (non-hydrogen) atoms. The van der Waals surface area contributed by atoms with Crippen LogP contribution in [0, 0.1) is 50.2 Å². The maximum absolute atomic E-state index is 14.6. The molecule has 0 aromatic carbocycles. The quantitative estimate of drug-likeness (QED) is 0.363. The van der Waals surface area contributed by atoms with Crippen LogP contribution in [0.4, 0.5) is 5.82 Å². The van der Waals surface area contributed by atoms with Crippen LogP contribution in [0.2, 0.25) is 0 Å². The Morgan fingerprint density at radius 1 is 0.930 bits per heavy atom. The second-order valence-electron chi connectivity index (χ2n) is 16.9. The minimum Gasteiger partial charge on any atom is -0.462 e. The number of carbonyl (C=O) groups is 3. The maximum Gasteiger partial charge on any atom is 0.302 e. The van der Waals surface area contributed by atoms with Gasteiger partial charge in [-0.3, -0.25) is 14.4 Å². The molecule has 1 amide bonds. The number of aromatic nitrogens is 1. The molecule has 0 spiro atoms. The number of anilines is 1. The molecule has 0 saturated heterocycles. The highest BCUT2D eigenvalue weighted by Gasteiger charge is 2.70. The van der Waals surface area contributed by atoms with E-state index in [1.165, 1.54) is 12.5 Å². The molecule has 1 aromatic heterocycles. The number of ether oxygens (including phenoxy) is 1. The van der Waals surface area contributed by atoms with Crippen LogP contribution in [-0.2, 0) is 19.1 Å². The summed E-state index contributed by atoms with van der Waals surface area (Å²) in [6.45, 7) is 17.8. The smallest absolute Gasteiger partial charge is 0.302 e. The van der Waals surface area contributed by atoms with Crippen molar-refractivity contribution in [3.8, 4) is 0 Å². The van der Waals surface area contributed by atoms with Gasteiger partial charge in [-0.05, 0) is 109 Å². The molecule has 0 bridgehead atoms. The lowest BCUT2D eigenvalue weighted by atomic mass is 9.33. The molecule has 5 aliphatic carbocycles. The fourth-order valence-electron chi connectivity index (χ4n) is 11.5. The van der Waals surface area contributed by atoms with Crippen molar-refractivity contribution in [3.05, 3.63) is 36.0 Å². The highest BCUT2D eigenvalue weighted by Crippen LogP contribution is 2.75. The van der Waals surface area contributed by atoms with Gasteiger partial charge in [0.1, 0.15) is 11.9 Å². The summed E-state index contributed by atoms with van der Waals surface area (Å²) in [6, 6.07) is 5.59. The van der Waals surface area contributed by atoms with Crippen molar-refractivity contribution in [1.29, 1.82) is 0 Å². The number of ketones is 1. The average Bonchev–Trinajstić information content (AvgIpc) is 2.93. The number of hydrogen-bond donors (Lipinski definition) is 1. The van der Waals surface area contributed by atoms with E-state index in [0.717, 1.165) is 57.8 Å². The Morgan fingerprint density at radius 3 is 2.33 bits per heavy atom. The molecule has 6 nitrogen and oxygen atoms in total. The summed E-state index contributed by atoms with van der Waals surface area (Å²) >= 11 is 0. The second-order valence-corrected chi connectivity index (χ2v) is 16.9. The maximum atomic E-state index is 14.6. The standard InChI is InChI=1S/C37H52N2O4/c1-23(40)43-28-13-14-35(6)27(32(28,2)3)12-15-37(8)30(35)26(41)21-24-25-22-34(5,31(42)39-29-11-9-10-20-38-29)17-16-33(25,4)18-19-36(24,37)7/h9-11,20-21,25,27-28,30H,12-19,22H2,1-8H3,(H,38,39,42)/t25-,27+,28+,30+,33-,34+,35+,36+,37+/m0/s1. The number of rotatable bonds is 3. The van der Waals surface area contributed by atoms with Gasteiger partial charge in [0.25, 0.3) is 0 Å². The minimum atomic E-state index is -0.523. The third-order valence-corrected chi connectivity index (χ3v) is 14.3. The van der Waals surface area contributed by atoms with Crippen molar-refractivity contribution in [2.24, 2.45) is 50.2 Å². The minimum absolute atomic E-state index is 0.0344. The fourth-order valence-corrected chi connectivity index (χ4v) is 11.5.